The second kappa shape index (κ2) is 7.59. The first-order valence-corrected chi connectivity index (χ1v) is 6.88. The maximum absolute atomic E-state index is 11.9. The van der Waals surface area contributed by atoms with Gasteiger partial charge in [-0.15, -0.1) is 0 Å². The first-order valence-electron chi connectivity index (χ1n) is 6.88. The van der Waals surface area contributed by atoms with Crippen molar-refractivity contribution in [2.24, 2.45) is 16.5 Å². The lowest BCUT2D eigenvalue weighted by Crippen LogP contribution is -2.47. The minimum atomic E-state index is -0.650. The van der Waals surface area contributed by atoms with E-state index in [1.54, 1.807) is 0 Å². The molecular formula is C13H18N6O4. The van der Waals surface area contributed by atoms with Crippen molar-refractivity contribution in [3.63, 3.8) is 0 Å². The van der Waals surface area contributed by atoms with Gasteiger partial charge in [-0.2, -0.15) is 0 Å². The quantitative estimate of drug-likeness (QED) is 0.220. The molecule has 1 saturated heterocycles. The van der Waals surface area contributed by atoms with Crippen LogP contribution in [-0.4, -0.2) is 53.0 Å². The molecule has 2 unspecified atom stereocenters. The van der Waals surface area contributed by atoms with Gasteiger partial charge in [0.05, 0.1) is 12.7 Å². The molecule has 10 nitrogen and oxygen atoms in total. The highest BCUT2D eigenvalue weighted by molar-refractivity contribution is 5.75. The standard InChI is InChI=1S/C13H18N6O4/c14-12(15)17-3-1-2-8-6-19(13(22)18-11(8)21)10-5-16-4-9(7-20)23-10/h6,9-10,16,20H,3-5,7H2,(H4,14,15,17)(H,18,21,22). The number of rotatable bonds is 3. The predicted octanol–water partition coefficient (Wildman–Crippen LogP) is -3.36. The van der Waals surface area contributed by atoms with Crippen molar-refractivity contribution < 1.29 is 9.84 Å². The normalized spacial score (nSPS) is 20.4. The molecule has 23 heavy (non-hydrogen) atoms. The van der Waals surface area contributed by atoms with Gasteiger partial charge in [-0.25, -0.2) is 9.79 Å². The minimum absolute atomic E-state index is 0.0367. The van der Waals surface area contributed by atoms with E-state index in [0.29, 0.717) is 13.1 Å². The fourth-order valence-electron chi connectivity index (χ4n) is 2.01. The summed E-state index contributed by atoms with van der Waals surface area (Å²) < 4.78 is 6.80. The van der Waals surface area contributed by atoms with Crippen molar-refractivity contribution in [3.8, 4) is 11.8 Å². The van der Waals surface area contributed by atoms with Crippen LogP contribution in [0.4, 0.5) is 0 Å². The first kappa shape index (κ1) is 16.8. The maximum atomic E-state index is 11.9. The Labute approximate surface area is 131 Å². The van der Waals surface area contributed by atoms with E-state index in [1.165, 1.54) is 10.8 Å². The molecule has 0 saturated carbocycles. The minimum Gasteiger partial charge on any atom is -0.394 e. The number of aromatic nitrogens is 2. The zero-order chi connectivity index (χ0) is 16.8. The molecule has 1 aromatic heterocycles. The summed E-state index contributed by atoms with van der Waals surface area (Å²) in [4.78, 5) is 29.6. The van der Waals surface area contributed by atoms with Crippen LogP contribution in [0.5, 0.6) is 0 Å². The highest BCUT2D eigenvalue weighted by Crippen LogP contribution is 2.12. The number of morpholine rings is 1. The van der Waals surface area contributed by atoms with Crippen LogP contribution < -0.4 is 28.0 Å². The molecule has 7 N–H and O–H groups in total. The van der Waals surface area contributed by atoms with Gasteiger partial charge in [-0.05, 0) is 0 Å². The molecule has 0 aliphatic carbocycles. The molecule has 1 aliphatic rings. The summed E-state index contributed by atoms with van der Waals surface area (Å²) in [5.41, 5.74) is 9.21. The number of H-pyrrole nitrogens is 1. The van der Waals surface area contributed by atoms with Crippen molar-refractivity contribution in [3.05, 3.63) is 32.6 Å². The molecule has 0 aromatic carbocycles. The SMILES string of the molecule is NC(N)=NCC#Cc1cn(C2CNCC(CO)O2)c(=O)[nH]c1=O. The lowest BCUT2D eigenvalue weighted by Gasteiger charge is -2.30. The van der Waals surface area contributed by atoms with Gasteiger partial charge in [0.25, 0.3) is 5.56 Å². The molecule has 1 fully saturated rings. The van der Waals surface area contributed by atoms with Gasteiger partial charge in [0.2, 0.25) is 0 Å². The van der Waals surface area contributed by atoms with Crippen LogP contribution >= 0.6 is 0 Å². The summed E-state index contributed by atoms with van der Waals surface area (Å²) in [6.07, 6.45) is 0.239. The smallest absolute Gasteiger partial charge is 0.330 e. The molecule has 124 valence electrons. The van der Waals surface area contributed by atoms with E-state index in [4.69, 9.17) is 21.3 Å². The molecule has 2 atom stereocenters. The van der Waals surface area contributed by atoms with Crippen LogP contribution in [0.25, 0.3) is 0 Å². The van der Waals surface area contributed by atoms with Crippen LogP contribution in [-0.2, 0) is 4.74 Å². The van der Waals surface area contributed by atoms with E-state index in [9.17, 15) is 9.59 Å². The number of guanidine groups is 1. The Hall–Kier alpha value is -2.61. The van der Waals surface area contributed by atoms with Crippen LogP contribution in [0, 0.1) is 11.8 Å². The number of nitrogens with zero attached hydrogens (tertiary/aromatic N) is 2. The fraction of sp³-hybridized carbons (Fsp3) is 0.462. The molecule has 2 heterocycles. The molecule has 1 aliphatic heterocycles. The summed E-state index contributed by atoms with van der Waals surface area (Å²) in [5, 5.41) is 12.2. The van der Waals surface area contributed by atoms with Gasteiger partial charge in [-0.3, -0.25) is 14.3 Å². The van der Waals surface area contributed by atoms with E-state index in [1.807, 2.05) is 0 Å². The lowest BCUT2D eigenvalue weighted by molar-refractivity contribution is -0.0968. The third kappa shape index (κ3) is 4.43. The average Bonchev–Trinajstić information content (AvgIpc) is 2.53. The zero-order valence-corrected chi connectivity index (χ0v) is 12.3. The Balaban J connectivity index is 2.27. The molecule has 10 heteroatoms. The van der Waals surface area contributed by atoms with Gasteiger partial charge >= 0.3 is 5.69 Å². The van der Waals surface area contributed by atoms with Gasteiger partial charge < -0.3 is 26.6 Å². The number of aliphatic hydroxyl groups excluding tert-OH is 1. The van der Waals surface area contributed by atoms with E-state index in [0.717, 1.165) is 0 Å². The molecule has 0 bridgehead atoms. The molecule has 1 aromatic rings. The van der Waals surface area contributed by atoms with Crippen molar-refractivity contribution in [2.75, 3.05) is 26.2 Å². The van der Waals surface area contributed by atoms with Crippen LogP contribution in [0.2, 0.25) is 0 Å². The topological polar surface area (TPSA) is 161 Å². The summed E-state index contributed by atoms with van der Waals surface area (Å²) in [6.45, 7) is 0.710. The second-order valence-electron chi connectivity index (χ2n) is 4.81. The van der Waals surface area contributed by atoms with E-state index < -0.39 is 23.6 Å². The fourth-order valence-corrected chi connectivity index (χ4v) is 2.01. The number of hydrogen-bond donors (Lipinski definition) is 5. The van der Waals surface area contributed by atoms with Gasteiger partial charge in [0.15, 0.2) is 12.2 Å². The van der Waals surface area contributed by atoms with Crippen molar-refractivity contribution >= 4 is 5.96 Å². The number of aromatic amines is 1. The monoisotopic (exact) mass is 322 g/mol. The Bertz CT molecular complexity index is 752. The Morgan fingerprint density at radius 3 is 2.96 bits per heavy atom. The third-order valence-electron chi connectivity index (χ3n) is 3.09. The largest absolute Gasteiger partial charge is 0.394 e. The Morgan fingerprint density at radius 2 is 2.26 bits per heavy atom. The van der Waals surface area contributed by atoms with Crippen molar-refractivity contribution in [2.45, 2.75) is 12.3 Å². The number of aliphatic hydroxyl groups is 1. The molecular weight excluding hydrogens is 304 g/mol. The van der Waals surface area contributed by atoms with Gasteiger partial charge in [0, 0.05) is 19.3 Å². The van der Waals surface area contributed by atoms with Gasteiger partial charge in [0.1, 0.15) is 12.1 Å². The third-order valence-corrected chi connectivity index (χ3v) is 3.09. The number of aliphatic imine (C=N–C) groups is 1. The van der Waals surface area contributed by atoms with Crippen LogP contribution in [0.1, 0.15) is 11.8 Å². The summed E-state index contributed by atoms with van der Waals surface area (Å²) >= 11 is 0. The van der Waals surface area contributed by atoms with Crippen LogP contribution in [0.3, 0.4) is 0 Å². The van der Waals surface area contributed by atoms with Crippen LogP contribution in [0.15, 0.2) is 20.8 Å². The lowest BCUT2D eigenvalue weighted by atomic mass is 10.3. The zero-order valence-electron chi connectivity index (χ0n) is 12.3. The molecule has 2 rings (SSSR count). The first-order chi connectivity index (χ1) is 11.0. The van der Waals surface area contributed by atoms with Crippen molar-refractivity contribution in [1.82, 2.24) is 14.9 Å². The number of nitrogens with two attached hydrogens (primary N) is 2. The predicted molar refractivity (Wildman–Crippen MR) is 82.7 cm³/mol. The summed E-state index contributed by atoms with van der Waals surface area (Å²) in [5.74, 6) is 5.12. The Morgan fingerprint density at radius 1 is 1.48 bits per heavy atom. The second-order valence-corrected chi connectivity index (χ2v) is 4.81. The van der Waals surface area contributed by atoms with E-state index >= 15 is 0 Å². The number of hydrogen-bond acceptors (Lipinski definition) is 6. The Kier molecular flexibility index (Phi) is 5.53. The molecule has 0 spiro atoms. The number of nitrogens with one attached hydrogen (secondary N) is 2. The van der Waals surface area contributed by atoms with E-state index in [2.05, 4.69) is 27.1 Å². The number of ether oxygens (including phenoxy) is 1. The highest BCUT2D eigenvalue weighted by atomic mass is 16.5. The van der Waals surface area contributed by atoms with E-state index in [-0.39, 0.29) is 24.7 Å². The summed E-state index contributed by atoms with van der Waals surface area (Å²) in [6, 6.07) is 0. The highest BCUT2D eigenvalue weighted by Gasteiger charge is 2.24. The molecule has 0 radical (unpaired) electrons. The molecule has 0 amide bonds. The van der Waals surface area contributed by atoms with Gasteiger partial charge in [-0.1, -0.05) is 11.8 Å². The maximum Gasteiger partial charge on any atom is 0.330 e. The van der Waals surface area contributed by atoms with Crippen molar-refractivity contribution in [1.29, 1.82) is 0 Å². The summed E-state index contributed by atoms with van der Waals surface area (Å²) in [7, 11) is 0. The average molecular weight is 322 g/mol.